The minimum atomic E-state index is -0.786. The number of hydrogen-bond donors (Lipinski definition) is 2. The van der Waals surface area contributed by atoms with Crippen LogP contribution < -0.4 is 19.8 Å². The normalized spacial score (nSPS) is 19.6. The van der Waals surface area contributed by atoms with Gasteiger partial charge in [-0.15, -0.1) is 0 Å². The number of methoxy groups -OCH3 is 1. The molecule has 208 valence electrons. The number of phenolic OH excluding ortho intramolecular Hbond substituents is 1. The van der Waals surface area contributed by atoms with Crippen molar-refractivity contribution in [3.8, 4) is 11.5 Å². The van der Waals surface area contributed by atoms with Crippen LogP contribution in [-0.2, 0) is 20.9 Å². The smallest absolute Gasteiger partial charge is 0.308 e. The topological polar surface area (TPSA) is 118 Å². The summed E-state index contributed by atoms with van der Waals surface area (Å²) in [6, 6.07) is 20.2. The number of imide groups is 1. The van der Waals surface area contributed by atoms with Crippen molar-refractivity contribution in [1.82, 2.24) is 4.57 Å². The van der Waals surface area contributed by atoms with Gasteiger partial charge in [0.05, 0.1) is 23.7 Å². The van der Waals surface area contributed by atoms with E-state index in [1.165, 1.54) is 21.6 Å². The molecule has 2 aliphatic heterocycles. The lowest BCUT2D eigenvalue weighted by Crippen LogP contribution is -2.33. The molecular weight excluding hydrogens is 630 g/mol. The fourth-order valence-electron chi connectivity index (χ4n) is 5.16. The molecule has 1 aromatic heterocycles. The fourth-order valence-corrected chi connectivity index (χ4v) is 8.20. The molecular formula is C29H22BrN3O6S2. The number of benzene rings is 3. The van der Waals surface area contributed by atoms with Crippen molar-refractivity contribution in [2.75, 3.05) is 17.3 Å². The van der Waals surface area contributed by atoms with E-state index in [0.29, 0.717) is 27.0 Å². The Kier molecular flexibility index (Phi) is 7.22. The minimum absolute atomic E-state index is 0.0645. The summed E-state index contributed by atoms with van der Waals surface area (Å²) in [5, 5.41) is 12.0. The van der Waals surface area contributed by atoms with Crippen LogP contribution in [-0.4, -0.2) is 39.8 Å². The highest BCUT2D eigenvalue weighted by atomic mass is 79.9. The molecule has 3 aromatic carbocycles. The molecule has 3 unspecified atom stereocenters. The second-order valence-corrected chi connectivity index (χ2v) is 12.6. The first-order valence-electron chi connectivity index (χ1n) is 12.5. The Balaban J connectivity index is 1.40. The first-order valence-corrected chi connectivity index (χ1v) is 15.0. The number of carbonyl (C=O) groups is 3. The molecule has 6 rings (SSSR count). The van der Waals surface area contributed by atoms with Gasteiger partial charge in [-0.05, 0) is 66.2 Å². The van der Waals surface area contributed by atoms with Crippen LogP contribution in [0.1, 0.15) is 16.4 Å². The van der Waals surface area contributed by atoms with Crippen LogP contribution in [0.25, 0.3) is 0 Å². The second-order valence-electron chi connectivity index (χ2n) is 9.52. The number of nitrogens with one attached hydrogen (secondary N) is 1. The fraction of sp³-hybridized carbons (Fsp3) is 0.172. The molecule has 0 saturated carbocycles. The number of aromatic hydroxyl groups is 1. The predicted molar refractivity (Wildman–Crippen MR) is 160 cm³/mol. The maximum absolute atomic E-state index is 13.9. The number of aromatic nitrogens is 1. The molecule has 2 N–H and O–H groups in total. The van der Waals surface area contributed by atoms with Crippen molar-refractivity contribution in [3.05, 3.63) is 97.4 Å². The molecule has 3 heterocycles. The van der Waals surface area contributed by atoms with Crippen molar-refractivity contribution >= 4 is 68.1 Å². The summed E-state index contributed by atoms with van der Waals surface area (Å²) in [5.41, 5.74) is 1.71. The van der Waals surface area contributed by atoms with Gasteiger partial charge in [-0.25, -0.2) is 4.90 Å². The Labute approximate surface area is 250 Å². The van der Waals surface area contributed by atoms with Crippen molar-refractivity contribution in [3.63, 3.8) is 0 Å². The van der Waals surface area contributed by atoms with E-state index in [1.807, 2.05) is 12.1 Å². The summed E-state index contributed by atoms with van der Waals surface area (Å²) in [7, 11) is 1.56. The van der Waals surface area contributed by atoms with Crippen LogP contribution in [0.3, 0.4) is 0 Å². The van der Waals surface area contributed by atoms with Crippen LogP contribution in [0, 0.1) is 5.92 Å². The van der Waals surface area contributed by atoms with Gasteiger partial charge >= 0.3 is 4.87 Å². The summed E-state index contributed by atoms with van der Waals surface area (Å²) in [6.45, 7) is -0.274. The van der Waals surface area contributed by atoms with Crippen LogP contribution >= 0.6 is 39.0 Å². The molecule has 3 atom stereocenters. The van der Waals surface area contributed by atoms with Gasteiger partial charge in [-0.3, -0.25) is 23.7 Å². The van der Waals surface area contributed by atoms with E-state index >= 15 is 0 Å². The molecule has 0 radical (unpaired) electrons. The monoisotopic (exact) mass is 651 g/mol. The second kappa shape index (κ2) is 10.8. The van der Waals surface area contributed by atoms with Crippen LogP contribution in [0.5, 0.6) is 11.5 Å². The molecule has 0 bridgehead atoms. The van der Waals surface area contributed by atoms with E-state index in [1.54, 1.807) is 55.6 Å². The lowest BCUT2D eigenvalue weighted by atomic mass is 9.83. The number of carbonyl (C=O) groups excluding carboxylic acids is 3. The highest BCUT2D eigenvalue weighted by Gasteiger charge is 2.56. The summed E-state index contributed by atoms with van der Waals surface area (Å²) in [6.07, 6.45) is 0. The highest BCUT2D eigenvalue weighted by Crippen LogP contribution is 2.54. The number of rotatable bonds is 6. The number of fused-ring (bicyclic) bond motifs is 2. The number of phenols is 1. The highest BCUT2D eigenvalue weighted by molar-refractivity contribution is 9.10. The average Bonchev–Trinajstić information content (AvgIpc) is 3.41. The largest absolute Gasteiger partial charge is 0.508 e. The van der Waals surface area contributed by atoms with Gasteiger partial charge in [0.1, 0.15) is 23.3 Å². The third-order valence-electron chi connectivity index (χ3n) is 7.06. The summed E-state index contributed by atoms with van der Waals surface area (Å²) >= 11 is 5.54. The quantitative estimate of drug-likeness (QED) is 0.227. The number of halogens is 1. The van der Waals surface area contributed by atoms with Gasteiger partial charge in [0.15, 0.2) is 0 Å². The van der Waals surface area contributed by atoms with E-state index in [9.17, 15) is 24.3 Å². The van der Waals surface area contributed by atoms with Crippen LogP contribution in [0.15, 0.2) is 87.1 Å². The lowest BCUT2D eigenvalue weighted by Gasteiger charge is -2.30. The van der Waals surface area contributed by atoms with Crippen LogP contribution in [0.4, 0.5) is 11.4 Å². The molecule has 4 aromatic rings. The van der Waals surface area contributed by atoms with Crippen LogP contribution in [0.2, 0.25) is 0 Å². The Morgan fingerprint density at radius 2 is 1.66 bits per heavy atom. The molecule has 2 aliphatic rings. The number of ether oxygens (including phenoxy) is 1. The maximum atomic E-state index is 13.9. The number of thiazole rings is 1. The van der Waals surface area contributed by atoms with E-state index in [-0.39, 0.29) is 29.0 Å². The Morgan fingerprint density at radius 3 is 2.32 bits per heavy atom. The minimum Gasteiger partial charge on any atom is -0.508 e. The van der Waals surface area contributed by atoms with E-state index < -0.39 is 23.0 Å². The molecule has 1 saturated heterocycles. The van der Waals surface area contributed by atoms with Crippen molar-refractivity contribution in [1.29, 1.82) is 0 Å². The molecule has 41 heavy (non-hydrogen) atoms. The number of amides is 3. The summed E-state index contributed by atoms with van der Waals surface area (Å²) < 4.78 is 7.50. The number of anilines is 2. The van der Waals surface area contributed by atoms with Crippen molar-refractivity contribution in [2.24, 2.45) is 5.92 Å². The van der Waals surface area contributed by atoms with E-state index in [2.05, 4.69) is 21.2 Å². The molecule has 3 amide bonds. The summed E-state index contributed by atoms with van der Waals surface area (Å²) in [5.74, 6) is -1.75. The standard InChI is InChI=1S/C29H22BrN3O6S2/c1-39-20-12-2-15(3-13-20)22-23-24(27(37)33(26(23)36)18-8-4-16(30)5-9-18)40-28-25(22)41-29(38)32(28)14-21(35)31-17-6-10-19(34)11-7-17/h2-13,22-24,34H,14H2,1H3,(H,31,35). The van der Waals surface area contributed by atoms with Gasteiger partial charge in [0.25, 0.3) is 0 Å². The predicted octanol–water partition coefficient (Wildman–Crippen LogP) is 4.82. The molecule has 12 heteroatoms. The zero-order chi connectivity index (χ0) is 28.8. The zero-order valence-electron chi connectivity index (χ0n) is 21.4. The Bertz CT molecular complexity index is 1720. The first kappa shape index (κ1) is 27.3. The molecule has 1 fully saturated rings. The first-order chi connectivity index (χ1) is 19.7. The molecule has 0 aliphatic carbocycles. The zero-order valence-corrected chi connectivity index (χ0v) is 24.7. The van der Waals surface area contributed by atoms with E-state index in [0.717, 1.165) is 33.1 Å². The average molecular weight is 653 g/mol. The maximum Gasteiger partial charge on any atom is 0.308 e. The lowest BCUT2D eigenvalue weighted by molar-refractivity contribution is -0.122. The third-order valence-corrected chi connectivity index (χ3v) is 10.2. The van der Waals surface area contributed by atoms with E-state index in [4.69, 9.17) is 4.74 Å². The SMILES string of the molecule is COc1ccc(C2c3sc(=O)n(CC(=O)Nc4ccc(O)cc4)c3SC3C(=O)N(c4ccc(Br)cc4)C(=O)C32)cc1. The number of hydrogen-bond acceptors (Lipinski definition) is 8. The Morgan fingerprint density at radius 1 is 0.976 bits per heavy atom. The Hall–Kier alpha value is -3.87. The third kappa shape index (κ3) is 4.96. The van der Waals surface area contributed by atoms with Gasteiger partial charge in [-0.1, -0.05) is 51.2 Å². The van der Waals surface area contributed by atoms with Gasteiger partial charge < -0.3 is 15.2 Å². The van der Waals surface area contributed by atoms with Gasteiger partial charge in [-0.2, -0.15) is 0 Å². The molecule has 9 nitrogen and oxygen atoms in total. The summed E-state index contributed by atoms with van der Waals surface area (Å²) in [4.78, 5) is 55.5. The van der Waals surface area contributed by atoms with Gasteiger partial charge in [0, 0.05) is 21.0 Å². The number of thioether (sulfide) groups is 1. The molecule has 0 spiro atoms. The van der Waals surface area contributed by atoms with Crippen molar-refractivity contribution < 1.29 is 24.2 Å². The van der Waals surface area contributed by atoms with Crippen molar-refractivity contribution in [2.45, 2.75) is 22.7 Å². The van der Waals surface area contributed by atoms with Gasteiger partial charge in [0.2, 0.25) is 17.7 Å². The number of nitrogens with zero attached hydrogens (tertiary/aromatic N) is 2.